The van der Waals surface area contributed by atoms with Crippen molar-refractivity contribution in [1.82, 2.24) is 15.5 Å². The van der Waals surface area contributed by atoms with E-state index in [-0.39, 0.29) is 19.0 Å². The number of nitrogens with zero attached hydrogens (tertiary/aromatic N) is 1. The topological polar surface area (TPSA) is 61.4 Å². The second kappa shape index (κ2) is 5.01. The van der Waals surface area contributed by atoms with Crippen LogP contribution in [0.2, 0.25) is 0 Å². The summed E-state index contributed by atoms with van der Waals surface area (Å²) in [6.07, 6.45) is -2.54. The normalized spacial score (nSPS) is 21.3. The summed E-state index contributed by atoms with van der Waals surface area (Å²) >= 11 is 0. The Hall–Kier alpha value is -1.24. The average Bonchev–Trinajstić information content (AvgIpc) is 2.17. The predicted molar refractivity (Wildman–Crippen MR) is 48.4 cm³/mol. The maximum atomic E-state index is 12.0. The summed E-state index contributed by atoms with van der Waals surface area (Å²) in [6.45, 7) is -0.408. The summed E-state index contributed by atoms with van der Waals surface area (Å²) in [5, 5.41) is 5.16. The quantitative estimate of drug-likeness (QED) is 0.629. The summed E-state index contributed by atoms with van der Waals surface area (Å²) in [6, 6.07) is -0.605. The molecule has 1 rings (SSSR count). The molecule has 1 aliphatic rings. The van der Waals surface area contributed by atoms with Crippen LogP contribution in [0.15, 0.2) is 0 Å². The molecule has 0 aromatic rings. The number of alkyl halides is 2. The molecule has 0 radical (unpaired) electrons. The van der Waals surface area contributed by atoms with E-state index in [4.69, 9.17) is 0 Å². The van der Waals surface area contributed by atoms with Crippen LogP contribution in [0.5, 0.6) is 0 Å². The van der Waals surface area contributed by atoms with Crippen LogP contribution in [0.3, 0.4) is 0 Å². The van der Waals surface area contributed by atoms with Crippen LogP contribution < -0.4 is 10.6 Å². The first-order valence-electron chi connectivity index (χ1n) is 4.54. The number of hydrogen-bond acceptors (Lipinski definition) is 3. The van der Waals surface area contributed by atoms with E-state index in [1.165, 1.54) is 7.05 Å². The lowest BCUT2D eigenvalue weighted by molar-refractivity contribution is -0.135. The zero-order chi connectivity index (χ0) is 11.4. The largest absolute Gasteiger partial charge is 0.353 e. The van der Waals surface area contributed by atoms with Crippen molar-refractivity contribution in [2.24, 2.45) is 0 Å². The molecule has 0 bridgehead atoms. The number of carbonyl (C=O) groups is 2. The van der Waals surface area contributed by atoms with E-state index in [1.54, 1.807) is 0 Å². The van der Waals surface area contributed by atoms with Gasteiger partial charge in [-0.3, -0.25) is 14.9 Å². The van der Waals surface area contributed by atoms with Crippen molar-refractivity contribution in [3.05, 3.63) is 0 Å². The number of hydrogen-bond donors (Lipinski definition) is 2. The third-order valence-corrected chi connectivity index (χ3v) is 2.10. The zero-order valence-corrected chi connectivity index (χ0v) is 8.30. The molecule has 0 aromatic heterocycles. The molecule has 0 saturated carbocycles. The van der Waals surface area contributed by atoms with Crippen molar-refractivity contribution < 1.29 is 18.4 Å². The molecule has 2 amide bonds. The minimum Gasteiger partial charge on any atom is -0.353 e. The van der Waals surface area contributed by atoms with Gasteiger partial charge in [0.25, 0.3) is 6.43 Å². The lowest BCUT2D eigenvalue weighted by Gasteiger charge is -2.27. The van der Waals surface area contributed by atoms with Gasteiger partial charge in [0.1, 0.15) is 6.04 Å². The highest BCUT2D eigenvalue weighted by molar-refractivity contribution is 5.86. The Labute approximate surface area is 85.8 Å². The lowest BCUT2D eigenvalue weighted by Crippen LogP contribution is -2.58. The Balaban J connectivity index is 2.42. The van der Waals surface area contributed by atoms with Crippen molar-refractivity contribution in [2.75, 3.05) is 26.7 Å². The Morgan fingerprint density at radius 2 is 2.33 bits per heavy atom. The molecule has 5 nitrogen and oxygen atoms in total. The number of nitrogens with one attached hydrogen (secondary N) is 2. The summed E-state index contributed by atoms with van der Waals surface area (Å²) in [5.41, 5.74) is 0. The standard InChI is InChI=1S/C8H13F2N3O2/c1-13(4-6(9)10)8(15)5-2-12-7(14)3-11-5/h5-6,11H,2-4H2,1H3,(H,12,14). The highest BCUT2D eigenvalue weighted by Gasteiger charge is 2.27. The second-order valence-corrected chi connectivity index (χ2v) is 3.35. The van der Waals surface area contributed by atoms with E-state index >= 15 is 0 Å². The molecule has 1 saturated heterocycles. The molecule has 1 aliphatic heterocycles. The van der Waals surface area contributed by atoms with Crippen LogP contribution in [0, 0.1) is 0 Å². The van der Waals surface area contributed by atoms with Gasteiger partial charge in [-0.05, 0) is 0 Å². The molecule has 86 valence electrons. The molecule has 15 heavy (non-hydrogen) atoms. The molecule has 1 heterocycles. The molecule has 1 unspecified atom stereocenters. The molecule has 0 aromatic carbocycles. The van der Waals surface area contributed by atoms with E-state index < -0.39 is 24.9 Å². The first-order valence-corrected chi connectivity index (χ1v) is 4.54. The van der Waals surface area contributed by atoms with Gasteiger partial charge in [0.15, 0.2) is 0 Å². The minimum absolute atomic E-state index is 0.0406. The van der Waals surface area contributed by atoms with Gasteiger partial charge in [-0.2, -0.15) is 0 Å². The van der Waals surface area contributed by atoms with Crippen molar-refractivity contribution in [3.8, 4) is 0 Å². The molecule has 1 fully saturated rings. The third-order valence-electron chi connectivity index (χ3n) is 2.10. The monoisotopic (exact) mass is 221 g/mol. The first kappa shape index (κ1) is 11.8. The fourth-order valence-electron chi connectivity index (χ4n) is 1.30. The zero-order valence-electron chi connectivity index (χ0n) is 8.30. The lowest BCUT2D eigenvalue weighted by atomic mass is 10.2. The van der Waals surface area contributed by atoms with Crippen LogP contribution in [-0.2, 0) is 9.59 Å². The Morgan fingerprint density at radius 1 is 1.67 bits per heavy atom. The van der Waals surface area contributed by atoms with E-state index in [0.717, 1.165) is 4.90 Å². The van der Waals surface area contributed by atoms with Gasteiger partial charge >= 0.3 is 0 Å². The average molecular weight is 221 g/mol. The maximum Gasteiger partial charge on any atom is 0.255 e. The number of piperazine rings is 1. The van der Waals surface area contributed by atoms with Crippen LogP contribution in [0.1, 0.15) is 0 Å². The Kier molecular flexibility index (Phi) is 3.96. The van der Waals surface area contributed by atoms with Gasteiger partial charge in [-0.1, -0.05) is 0 Å². The van der Waals surface area contributed by atoms with Gasteiger partial charge in [0.2, 0.25) is 11.8 Å². The smallest absolute Gasteiger partial charge is 0.255 e. The molecular weight excluding hydrogens is 208 g/mol. The van der Waals surface area contributed by atoms with Crippen LogP contribution >= 0.6 is 0 Å². The van der Waals surface area contributed by atoms with Crippen molar-refractivity contribution in [2.45, 2.75) is 12.5 Å². The third kappa shape index (κ3) is 3.43. The van der Waals surface area contributed by atoms with Crippen LogP contribution in [0.25, 0.3) is 0 Å². The van der Waals surface area contributed by atoms with Crippen molar-refractivity contribution >= 4 is 11.8 Å². The molecule has 7 heteroatoms. The highest BCUT2D eigenvalue weighted by Crippen LogP contribution is 2.00. The number of rotatable bonds is 3. The second-order valence-electron chi connectivity index (χ2n) is 3.35. The summed E-state index contributed by atoms with van der Waals surface area (Å²) in [4.78, 5) is 23.2. The van der Waals surface area contributed by atoms with Gasteiger partial charge in [-0.25, -0.2) is 8.78 Å². The summed E-state index contributed by atoms with van der Waals surface area (Å²) < 4.78 is 24.0. The van der Waals surface area contributed by atoms with Gasteiger partial charge in [-0.15, -0.1) is 0 Å². The van der Waals surface area contributed by atoms with Crippen molar-refractivity contribution in [1.29, 1.82) is 0 Å². The highest BCUT2D eigenvalue weighted by atomic mass is 19.3. The number of amides is 2. The Bertz CT molecular complexity index is 250. The van der Waals surface area contributed by atoms with E-state index in [9.17, 15) is 18.4 Å². The van der Waals surface area contributed by atoms with Crippen LogP contribution in [0.4, 0.5) is 8.78 Å². The summed E-state index contributed by atoms with van der Waals surface area (Å²) in [7, 11) is 1.31. The fraction of sp³-hybridized carbons (Fsp3) is 0.750. The number of carbonyl (C=O) groups excluding carboxylic acids is 2. The maximum absolute atomic E-state index is 12.0. The molecule has 2 N–H and O–H groups in total. The number of likely N-dealkylation sites (N-methyl/N-ethyl adjacent to an activating group) is 1. The molecule has 0 spiro atoms. The molecular formula is C8H13F2N3O2. The van der Waals surface area contributed by atoms with E-state index in [0.29, 0.717) is 0 Å². The van der Waals surface area contributed by atoms with Gasteiger partial charge in [0.05, 0.1) is 13.1 Å². The Morgan fingerprint density at radius 3 is 2.80 bits per heavy atom. The minimum atomic E-state index is -2.54. The molecule has 0 aliphatic carbocycles. The van der Waals surface area contributed by atoms with Crippen LogP contribution in [-0.4, -0.2) is 55.9 Å². The first-order chi connectivity index (χ1) is 7.00. The number of halogens is 2. The van der Waals surface area contributed by atoms with E-state index in [2.05, 4.69) is 10.6 Å². The molecule has 1 atom stereocenters. The van der Waals surface area contributed by atoms with Gasteiger partial charge < -0.3 is 10.2 Å². The van der Waals surface area contributed by atoms with Crippen molar-refractivity contribution in [3.63, 3.8) is 0 Å². The fourth-order valence-corrected chi connectivity index (χ4v) is 1.30. The predicted octanol–water partition coefficient (Wildman–Crippen LogP) is -1.20. The summed E-state index contributed by atoms with van der Waals surface area (Å²) in [5.74, 6) is -0.633. The van der Waals surface area contributed by atoms with Gasteiger partial charge in [0, 0.05) is 13.6 Å². The SMILES string of the molecule is CN(CC(F)F)C(=O)C1CNC(=O)CN1. The van der Waals surface area contributed by atoms with E-state index in [1.807, 2.05) is 0 Å².